The van der Waals surface area contributed by atoms with Gasteiger partial charge in [0.15, 0.2) is 11.5 Å². The summed E-state index contributed by atoms with van der Waals surface area (Å²) in [6.07, 6.45) is 2.20. The maximum Gasteiger partial charge on any atom is 0.273 e. The standard InChI is InChI=1S/C25H25ClN2O5/c1-30-18-4-6-19(7-5-18)33-15-22-20-14-24(32-3)23(31-2)12-16(20)9-11-28(22)25(29)21-13-17(26)8-10-27-21/h4-8,10,12-14,22H,9,11,15H2,1-3H3. The molecule has 1 aromatic heterocycles. The van der Waals surface area contributed by atoms with Crippen molar-refractivity contribution >= 4 is 17.5 Å². The van der Waals surface area contributed by atoms with Gasteiger partial charge in [0.1, 0.15) is 23.8 Å². The Labute approximate surface area is 197 Å². The van der Waals surface area contributed by atoms with Gasteiger partial charge in [0.2, 0.25) is 0 Å². The number of fused-ring (bicyclic) bond motifs is 1. The van der Waals surface area contributed by atoms with Crippen LogP contribution in [0.5, 0.6) is 23.0 Å². The molecule has 8 heteroatoms. The second-order valence-electron chi connectivity index (χ2n) is 7.52. The normalized spacial score (nSPS) is 14.9. The van der Waals surface area contributed by atoms with Crippen LogP contribution in [0.3, 0.4) is 0 Å². The summed E-state index contributed by atoms with van der Waals surface area (Å²) in [6.45, 7) is 0.757. The van der Waals surface area contributed by atoms with Crippen molar-refractivity contribution in [3.05, 3.63) is 76.6 Å². The van der Waals surface area contributed by atoms with E-state index in [1.807, 2.05) is 36.4 Å². The summed E-state index contributed by atoms with van der Waals surface area (Å²) in [6, 6.07) is 14.1. The highest BCUT2D eigenvalue weighted by Gasteiger charge is 2.34. The number of carbonyl (C=O) groups is 1. The lowest BCUT2D eigenvalue weighted by molar-refractivity contribution is 0.0583. The first-order valence-corrected chi connectivity index (χ1v) is 10.9. The van der Waals surface area contributed by atoms with Crippen LogP contribution < -0.4 is 18.9 Å². The van der Waals surface area contributed by atoms with Crippen LogP contribution in [0.15, 0.2) is 54.7 Å². The topological polar surface area (TPSA) is 70.1 Å². The van der Waals surface area contributed by atoms with Crippen LogP contribution in [0.2, 0.25) is 5.02 Å². The van der Waals surface area contributed by atoms with E-state index in [-0.39, 0.29) is 18.6 Å². The van der Waals surface area contributed by atoms with Crippen LogP contribution in [0.4, 0.5) is 0 Å². The van der Waals surface area contributed by atoms with E-state index in [1.165, 1.54) is 6.20 Å². The fourth-order valence-electron chi connectivity index (χ4n) is 3.97. The highest BCUT2D eigenvalue weighted by molar-refractivity contribution is 6.30. The number of aromatic nitrogens is 1. The van der Waals surface area contributed by atoms with Crippen molar-refractivity contribution < 1.29 is 23.7 Å². The van der Waals surface area contributed by atoms with Gasteiger partial charge in [0, 0.05) is 17.8 Å². The van der Waals surface area contributed by atoms with Gasteiger partial charge in [-0.1, -0.05) is 11.6 Å². The Morgan fingerprint density at radius 3 is 2.36 bits per heavy atom. The zero-order valence-electron chi connectivity index (χ0n) is 18.7. The highest BCUT2D eigenvalue weighted by Crippen LogP contribution is 2.39. The zero-order valence-corrected chi connectivity index (χ0v) is 19.5. The smallest absolute Gasteiger partial charge is 0.273 e. The summed E-state index contributed by atoms with van der Waals surface area (Å²) in [5.74, 6) is 2.47. The molecule has 1 atom stereocenters. The minimum atomic E-state index is -0.357. The molecule has 2 aromatic carbocycles. The molecule has 0 fully saturated rings. The Hall–Kier alpha value is -3.45. The first-order valence-electron chi connectivity index (χ1n) is 10.5. The summed E-state index contributed by atoms with van der Waals surface area (Å²) >= 11 is 6.11. The number of rotatable bonds is 7. The van der Waals surface area contributed by atoms with Crippen molar-refractivity contribution in [3.8, 4) is 23.0 Å². The SMILES string of the molecule is COc1ccc(OCC2c3cc(OC)c(OC)cc3CCN2C(=O)c2cc(Cl)ccn2)cc1. The number of ether oxygens (including phenoxy) is 4. The molecule has 1 unspecified atom stereocenters. The number of methoxy groups -OCH3 is 3. The van der Waals surface area contributed by atoms with Gasteiger partial charge in [-0.2, -0.15) is 0 Å². The molecule has 7 nitrogen and oxygen atoms in total. The van der Waals surface area contributed by atoms with Gasteiger partial charge in [-0.25, -0.2) is 0 Å². The van der Waals surface area contributed by atoms with Crippen LogP contribution in [-0.2, 0) is 6.42 Å². The predicted octanol–water partition coefficient (Wildman–Crippen LogP) is 4.58. The summed E-state index contributed by atoms with van der Waals surface area (Å²) in [7, 11) is 4.82. The summed E-state index contributed by atoms with van der Waals surface area (Å²) in [5.41, 5.74) is 2.32. The number of carbonyl (C=O) groups excluding carboxylic acids is 1. The number of hydrogen-bond donors (Lipinski definition) is 0. The molecule has 172 valence electrons. The second-order valence-corrected chi connectivity index (χ2v) is 7.95. The molecule has 3 aromatic rings. The number of nitrogens with zero attached hydrogens (tertiary/aromatic N) is 2. The van der Waals surface area contributed by atoms with Gasteiger partial charge in [0.05, 0.1) is 27.4 Å². The van der Waals surface area contributed by atoms with E-state index in [1.54, 1.807) is 38.4 Å². The number of benzene rings is 2. The predicted molar refractivity (Wildman–Crippen MR) is 125 cm³/mol. The van der Waals surface area contributed by atoms with Crippen LogP contribution >= 0.6 is 11.6 Å². The molecule has 4 rings (SSSR count). The third-order valence-electron chi connectivity index (χ3n) is 5.67. The summed E-state index contributed by atoms with van der Waals surface area (Å²) < 4.78 is 22.3. The number of halogens is 1. The highest BCUT2D eigenvalue weighted by atomic mass is 35.5. The van der Waals surface area contributed by atoms with Gasteiger partial charge in [0.25, 0.3) is 5.91 Å². The van der Waals surface area contributed by atoms with E-state index >= 15 is 0 Å². The Morgan fingerprint density at radius 2 is 1.70 bits per heavy atom. The van der Waals surface area contributed by atoms with Crippen LogP contribution in [-0.4, -0.2) is 50.3 Å². The maximum atomic E-state index is 13.4. The van der Waals surface area contributed by atoms with Crippen LogP contribution in [0.25, 0.3) is 0 Å². The molecule has 0 radical (unpaired) electrons. The van der Waals surface area contributed by atoms with E-state index in [4.69, 9.17) is 30.5 Å². The molecular weight excluding hydrogens is 444 g/mol. The van der Waals surface area contributed by atoms with Crippen molar-refractivity contribution in [2.24, 2.45) is 0 Å². The minimum Gasteiger partial charge on any atom is -0.497 e. The largest absolute Gasteiger partial charge is 0.497 e. The molecule has 0 aliphatic carbocycles. The van der Waals surface area contributed by atoms with E-state index < -0.39 is 0 Å². The Balaban J connectivity index is 1.69. The maximum absolute atomic E-state index is 13.4. The lowest BCUT2D eigenvalue weighted by atomic mass is 9.91. The van der Waals surface area contributed by atoms with Crippen molar-refractivity contribution in [1.29, 1.82) is 0 Å². The van der Waals surface area contributed by atoms with Gasteiger partial charge in [-0.15, -0.1) is 0 Å². The monoisotopic (exact) mass is 468 g/mol. The van der Waals surface area contributed by atoms with Crippen molar-refractivity contribution in [1.82, 2.24) is 9.88 Å². The minimum absolute atomic E-state index is 0.207. The fourth-order valence-corrected chi connectivity index (χ4v) is 4.13. The van der Waals surface area contributed by atoms with E-state index in [2.05, 4.69) is 4.98 Å². The van der Waals surface area contributed by atoms with E-state index in [0.29, 0.717) is 40.9 Å². The molecule has 1 aliphatic rings. The lowest BCUT2D eigenvalue weighted by Gasteiger charge is -2.37. The van der Waals surface area contributed by atoms with Crippen molar-refractivity contribution in [2.45, 2.75) is 12.5 Å². The van der Waals surface area contributed by atoms with Gasteiger partial charge < -0.3 is 23.8 Å². The van der Waals surface area contributed by atoms with Gasteiger partial charge in [-0.05, 0) is 66.1 Å². The molecule has 0 saturated carbocycles. The molecule has 1 aliphatic heterocycles. The van der Waals surface area contributed by atoms with Crippen molar-refractivity contribution in [3.63, 3.8) is 0 Å². The first kappa shape index (κ1) is 22.7. The molecule has 1 amide bonds. The fraction of sp³-hybridized carbons (Fsp3) is 0.280. The summed E-state index contributed by atoms with van der Waals surface area (Å²) in [4.78, 5) is 19.4. The number of amides is 1. The van der Waals surface area contributed by atoms with E-state index in [9.17, 15) is 4.79 Å². The van der Waals surface area contributed by atoms with Gasteiger partial charge >= 0.3 is 0 Å². The number of hydrogen-bond acceptors (Lipinski definition) is 6. The molecule has 33 heavy (non-hydrogen) atoms. The van der Waals surface area contributed by atoms with E-state index in [0.717, 1.165) is 16.9 Å². The lowest BCUT2D eigenvalue weighted by Crippen LogP contribution is -2.43. The Morgan fingerprint density at radius 1 is 1.00 bits per heavy atom. The quantitative estimate of drug-likeness (QED) is 0.505. The zero-order chi connectivity index (χ0) is 23.4. The summed E-state index contributed by atoms with van der Waals surface area (Å²) in [5, 5.41) is 0.461. The van der Waals surface area contributed by atoms with Gasteiger partial charge in [-0.3, -0.25) is 9.78 Å². The molecule has 0 spiro atoms. The average Bonchev–Trinajstić information content (AvgIpc) is 2.86. The molecule has 0 N–H and O–H groups in total. The first-order chi connectivity index (χ1) is 16.0. The molecule has 0 saturated heterocycles. The Bertz CT molecular complexity index is 1140. The van der Waals surface area contributed by atoms with Crippen LogP contribution in [0.1, 0.15) is 27.7 Å². The third-order valence-corrected chi connectivity index (χ3v) is 5.91. The molecule has 0 bridgehead atoms. The molecular formula is C25H25ClN2O5. The van der Waals surface area contributed by atoms with Crippen molar-refractivity contribution in [2.75, 3.05) is 34.5 Å². The number of pyridine rings is 1. The third kappa shape index (κ3) is 4.83. The molecule has 2 heterocycles. The van der Waals surface area contributed by atoms with Crippen LogP contribution in [0, 0.1) is 0 Å². The second kappa shape index (κ2) is 10.0. The Kier molecular flexibility index (Phi) is 6.89. The average molecular weight is 469 g/mol.